The monoisotopic (exact) mass is 359 g/mol. The molecule has 2 aromatic rings. The van der Waals surface area contributed by atoms with Crippen LogP contribution in [0, 0.1) is 0 Å². The maximum atomic E-state index is 12.2. The number of sulfonamides is 1. The summed E-state index contributed by atoms with van der Waals surface area (Å²) in [4.78, 5) is -0.143. The highest BCUT2D eigenvalue weighted by Crippen LogP contribution is 2.16. The van der Waals surface area contributed by atoms with Crippen LogP contribution in [-0.2, 0) is 26.4 Å². The van der Waals surface area contributed by atoms with Crippen molar-refractivity contribution in [3.63, 3.8) is 0 Å². The van der Waals surface area contributed by atoms with Crippen LogP contribution in [0.25, 0.3) is 0 Å². The molecule has 0 radical (unpaired) electrons. The molecule has 0 aliphatic carbocycles. The van der Waals surface area contributed by atoms with Crippen LogP contribution in [0.2, 0.25) is 5.02 Å². The minimum atomic E-state index is -3.81. The van der Waals surface area contributed by atoms with Crippen molar-refractivity contribution in [2.24, 2.45) is 0 Å². The molecule has 0 bridgehead atoms. The van der Waals surface area contributed by atoms with Crippen LogP contribution in [0.15, 0.2) is 58.3 Å². The minimum absolute atomic E-state index is 0.0434. The van der Waals surface area contributed by atoms with E-state index in [4.69, 9.17) is 11.6 Å². The molecule has 5 nitrogen and oxygen atoms in total. The zero-order chi connectivity index (χ0) is 16.4. The summed E-state index contributed by atoms with van der Waals surface area (Å²) < 4.78 is 49.9. The molecule has 0 heterocycles. The second-order valence-electron chi connectivity index (χ2n) is 4.70. The predicted molar refractivity (Wildman–Crippen MR) is 85.0 cm³/mol. The van der Waals surface area contributed by atoms with E-state index in [0.29, 0.717) is 10.6 Å². The summed E-state index contributed by atoms with van der Waals surface area (Å²) in [5, 5.41) is 0.510. The molecule has 0 amide bonds. The average molecular weight is 360 g/mol. The fraction of sp³-hybridized carbons (Fsp3) is 0.143. The van der Waals surface area contributed by atoms with Crippen LogP contribution in [-0.4, -0.2) is 23.1 Å². The van der Waals surface area contributed by atoms with Crippen molar-refractivity contribution in [3.05, 3.63) is 59.1 Å². The van der Waals surface area contributed by atoms with Gasteiger partial charge in [-0.1, -0.05) is 29.8 Å². The molecule has 1 N–H and O–H groups in total. The lowest BCUT2D eigenvalue weighted by molar-refractivity contribution is 0.581. The van der Waals surface area contributed by atoms with E-state index >= 15 is 0 Å². The number of hydrogen-bond donors (Lipinski definition) is 1. The van der Waals surface area contributed by atoms with Crippen molar-refractivity contribution in [3.8, 4) is 0 Å². The number of hydrogen-bond acceptors (Lipinski definition) is 4. The van der Waals surface area contributed by atoms with E-state index in [1.54, 1.807) is 24.3 Å². The number of halogens is 1. The first-order valence-electron chi connectivity index (χ1n) is 6.23. The smallest absolute Gasteiger partial charge is 0.224 e. The number of nitrogens with one attached hydrogen (secondary N) is 1. The van der Waals surface area contributed by atoms with E-state index in [0.717, 1.165) is 12.3 Å². The van der Waals surface area contributed by atoms with Gasteiger partial charge >= 0.3 is 0 Å². The molecule has 0 spiro atoms. The van der Waals surface area contributed by atoms with Crippen LogP contribution in [0.4, 0.5) is 0 Å². The van der Waals surface area contributed by atoms with Crippen molar-refractivity contribution < 1.29 is 16.8 Å². The van der Waals surface area contributed by atoms with Gasteiger partial charge in [-0.05, 0) is 35.9 Å². The van der Waals surface area contributed by atoms with Crippen molar-refractivity contribution in [1.29, 1.82) is 0 Å². The first-order valence-corrected chi connectivity index (χ1v) is 9.98. The van der Waals surface area contributed by atoms with E-state index in [-0.39, 0.29) is 16.3 Å². The highest BCUT2D eigenvalue weighted by molar-refractivity contribution is 7.91. The topological polar surface area (TPSA) is 80.3 Å². The van der Waals surface area contributed by atoms with E-state index < -0.39 is 19.9 Å². The molecule has 0 saturated carbocycles. The van der Waals surface area contributed by atoms with Gasteiger partial charge in [0.2, 0.25) is 10.0 Å². The summed E-state index contributed by atoms with van der Waals surface area (Å²) in [6.07, 6.45) is 1.03. The van der Waals surface area contributed by atoms with Gasteiger partial charge in [-0.25, -0.2) is 21.6 Å². The molecular weight excluding hydrogens is 346 g/mol. The third-order valence-electron chi connectivity index (χ3n) is 2.90. The summed E-state index contributed by atoms with van der Waals surface area (Å²) in [6, 6.07) is 12.0. The standard InChI is InChI=1S/C14H14ClNO4S2/c1-21(17,18)13-6-3-7-14(9-13)22(19,20)16-10-11-4-2-5-12(15)8-11/h2-9,16H,10H2,1H3. The Morgan fingerprint density at radius 1 is 0.955 bits per heavy atom. The summed E-state index contributed by atoms with van der Waals surface area (Å²) in [5.41, 5.74) is 0.704. The largest absolute Gasteiger partial charge is 0.240 e. The van der Waals surface area contributed by atoms with Crippen molar-refractivity contribution in [1.82, 2.24) is 4.72 Å². The number of rotatable bonds is 5. The normalized spacial score (nSPS) is 12.3. The van der Waals surface area contributed by atoms with Gasteiger partial charge in [0.05, 0.1) is 9.79 Å². The quantitative estimate of drug-likeness (QED) is 0.887. The first-order chi connectivity index (χ1) is 10.2. The summed E-state index contributed by atoms with van der Waals surface area (Å²) in [5.74, 6) is 0. The molecule has 118 valence electrons. The Labute approximate surface area is 134 Å². The van der Waals surface area contributed by atoms with Gasteiger partial charge in [0.15, 0.2) is 9.84 Å². The molecule has 0 aliphatic rings. The van der Waals surface area contributed by atoms with Crippen LogP contribution >= 0.6 is 11.6 Å². The second kappa shape index (κ2) is 6.37. The fourth-order valence-electron chi connectivity index (χ4n) is 1.78. The molecule has 0 unspecified atom stereocenters. The van der Waals surface area contributed by atoms with Gasteiger partial charge in [-0.3, -0.25) is 0 Å². The number of benzene rings is 2. The second-order valence-corrected chi connectivity index (χ2v) is 8.92. The molecule has 0 aromatic heterocycles. The van der Waals surface area contributed by atoms with Gasteiger partial charge in [-0.15, -0.1) is 0 Å². The summed E-state index contributed by atoms with van der Waals surface area (Å²) in [7, 11) is -7.28. The SMILES string of the molecule is CS(=O)(=O)c1cccc(S(=O)(=O)NCc2cccc(Cl)c2)c1. The van der Waals surface area contributed by atoms with E-state index in [9.17, 15) is 16.8 Å². The van der Waals surface area contributed by atoms with Gasteiger partial charge in [0.25, 0.3) is 0 Å². The Morgan fingerprint density at radius 2 is 1.59 bits per heavy atom. The maximum absolute atomic E-state index is 12.2. The molecule has 2 rings (SSSR count). The molecule has 0 aliphatic heterocycles. The molecule has 8 heteroatoms. The van der Waals surface area contributed by atoms with Crippen molar-refractivity contribution >= 4 is 31.5 Å². The van der Waals surface area contributed by atoms with Gasteiger partial charge < -0.3 is 0 Å². The lowest BCUT2D eigenvalue weighted by atomic mass is 10.2. The third-order valence-corrected chi connectivity index (χ3v) is 5.64. The Balaban J connectivity index is 2.24. The maximum Gasteiger partial charge on any atom is 0.240 e. The zero-order valence-electron chi connectivity index (χ0n) is 11.7. The van der Waals surface area contributed by atoms with E-state index in [2.05, 4.69) is 4.72 Å². The molecular formula is C14H14ClNO4S2. The molecule has 0 saturated heterocycles. The zero-order valence-corrected chi connectivity index (χ0v) is 14.0. The highest BCUT2D eigenvalue weighted by atomic mass is 35.5. The van der Waals surface area contributed by atoms with Crippen molar-refractivity contribution in [2.45, 2.75) is 16.3 Å². The van der Waals surface area contributed by atoms with Gasteiger partial charge in [0, 0.05) is 17.8 Å². The lowest BCUT2D eigenvalue weighted by Crippen LogP contribution is -2.23. The molecule has 22 heavy (non-hydrogen) atoms. The van der Waals surface area contributed by atoms with Crippen molar-refractivity contribution in [2.75, 3.05) is 6.26 Å². The third kappa shape index (κ3) is 4.30. The van der Waals surface area contributed by atoms with Crippen LogP contribution in [0.5, 0.6) is 0 Å². The Kier molecular flexibility index (Phi) is 4.91. The molecule has 2 aromatic carbocycles. The first kappa shape index (κ1) is 17.0. The van der Waals surface area contributed by atoms with Crippen LogP contribution in [0.3, 0.4) is 0 Å². The predicted octanol–water partition coefficient (Wildman–Crippen LogP) is 2.22. The average Bonchev–Trinajstić information content (AvgIpc) is 2.45. The highest BCUT2D eigenvalue weighted by Gasteiger charge is 2.16. The Hall–Kier alpha value is -1.41. The van der Waals surface area contributed by atoms with Gasteiger partial charge in [0.1, 0.15) is 0 Å². The van der Waals surface area contributed by atoms with E-state index in [1.165, 1.54) is 18.2 Å². The summed E-state index contributed by atoms with van der Waals surface area (Å²) in [6.45, 7) is 0.0615. The summed E-state index contributed by atoms with van der Waals surface area (Å²) >= 11 is 5.84. The lowest BCUT2D eigenvalue weighted by Gasteiger charge is -2.08. The Morgan fingerprint density at radius 3 is 2.23 bits per heavy atom. The molecule has 0 atom stereocenters. The van der Waals surface area contributed by atoms with Crippen LogP contribution in [0.1, 0.15) is 5.56 Å². The fourth-order valence-corrected chi connectivity index (χ4v) is 3.80. The minimum Gasteiger partial charge on any atom is -0.224 e. The van der Waals surface area contributed by atoms with Gasteiger partial charge in [-0.2, -0.15) is 0 Å². The Bertz CT molecular complexity index is 893. The van der Waals surface area contributed by atoms with Crippen LogP contribution < -0.4 is 4.72 Å². The van der Waals surface area contributed by atoms with E-state index in [1.807, 2.05) is 0 Å². The number of sulfone groups is 1. The molecule has 0 fully saturated rings.